The first-order valence-electron chi connectivity index (χ1n) is 4.20. The van der Waals surface area contributed by atoms with Gasteiger partial charge in [0.05, 0.1) is 0 Å². The molecule has 1 aliphatic carbocycles. The van der Waals surface area contributed by atoms with Crippen molar-refractivity contribution in [3.05, 3.63) is 28.6 Å². The Morgan fingerprint density at radius 1 is 1.42 bits per heavy atom. The largest absolute Gasteiger partial charge is 0.505 e. The van der Waals surface area contributed by atoms with Crippen LogP contribution >= 0.6 is 0 Å². The summed E-state index contributed by atoms with van der Waals surface area (Å²) >= 11 is 0. The Bertz CT molecular complexity index is 331. The minimum atomic E-state index is -0.400. The molecule has 64 valence electrons. The number of phenols is 1. The Kier molecular flexibility index (Phi) is 1.56. The molecule has 1 N–H and O–H groups in total. The molecular weight excluding hydrogens is 155 g/mol. The molecule has 1 aromatic rings. The van der Waals surface area contributed by atoms with Crippen molar-refractivity contribution >= 4 is 0 Å². The van der Waals surface area contributed by atoms with Gasteiger partial charge in [-0.1, -0.05) is 6.07 Å². The summed E-state index contributed by atoms with van der Waals surface area (Å²) in [5, 5.41) is 9.30. The van der Waals surface area contributed by atoms with Crippen molar-refractivity contribution in [3.63, 3.8) is 0 Å². The first-order chi connectivity index (χ1) is 5.70. The average molecular weight is 166 g/mol. The van der Waals surface area contributed by atoms with Crippen LogP contribution in [0.15, 0.2) is 6.07 Å². The van der Waals surface area contributed by atoms with Crippen LogP contribution in [0.3, 0.4) is 0 Å². The monoisotopic (exact) mass is 166 g/mol. The quantitative estimate of drug-likeness (QED) is 0.627. The first-order valence-corrected chi connectivity index (χ1v) is 4.20. The van der Waals surface area contributed by atoms with E-state index in [9.17, 15) is 9.50 Å². The molecule has 0 bridgehead atoms. The number of aryl methyl sites for hydroxylation is 2. The molecule has 0 atom stereocenters. The molecule has 0 saturated heterocycles. The molecule has 2 rings (SSSR count). The van der Waals surface area contributed by atoms with Crippen molar-refractivity contribution in [2.75, 3.05) is 0 Å². The number of phenolic OH excluding ortho intramolecular Hbond substituents is 1. The maximum atomic E-state index is 13.3. The molecule has 0 heterocycles. The number of rotatable bonds is 0. The SMILES string of the molecule is Cc1cc2c(c(F)c1O)CCC2. The molecule has 12 heavy (non-hydrogen) atoms. The van der Waals surface area contributed by atoms with E-state index in [0.29, 0.717) is 5.56 Å². The molecule has 1 nitrogen and oxygen atoms in total. The lowest BCUT2D eigenvalue weighted by Crippen LogP contribution is -1.91. The molecule has 0 aromatic heterocycles. The summed E-state index contributed by atoms with van der Waals surface area (Å²) in [4.78, 5) is 0. The summed E-state index contributed by atoms with van der Waals surface area (Å²) in [5.74, 6) is -0.571. The van der Waals surface area contributed by atoms with Crippen LogP contribution in [-0.4, -0.2) is 5.11 Å². The van der Waals surface area contributed by atoms with Crippen LogP contribution in [0.5, 0.6) is 5.75 Å². The number of benzene rings is 1. The molecule has 0 fully saturated rings. The van der Waals surface area contributed by atoms with Crippen LogP contribution in [0.1, 0.15) is 23.1 Å². The lowest BCUT2D eigenvalue weighted by Gasteiger charge is -2.05. The summed E-state index contributed by atoms with van der Waals surface area (Å²) in [6.45, 7) is 1.73. The third kappa shape index (κ3) is 0.909. The Morgan fingerprint density at radius 3 is 2.92 bits per heavy atom. The maximum absolute atomic E-state index is 13.3. The normalized spacial score (nSPS) is 14.8. The molecule has 1 aliphatic rings. The molecule has 0 aliphatic heterocycles. The lowest BCUT2D eigenvalue weighted by atomic mass is 10.1. The van der Waals surface area contributed by atoms with Gasteiger partial charge in [0, 0.05) is 0 Å². The van der Waals surface area contributed by atoms with Crippen molar-refractivity contribution in [1.82, 2.24) is 0 Å². The van der Waals surface area contributed by atoms with E-state index < -0.39 is 5.82 Å². The molecule has 0 radical (unpaired) electrons. The van der Waals surface area contributed by atoms with Gasteiger partial charge >= 0.3 is 0 Å². The van der Waals surface area contributed by atoms with E-state index in [-0.39, 0.29) is 5.75 Å². The van der Waals surface area contributed by atoms with Crippen molar-refractivity contribution in [2.24, 2.45) is 0 Å². The maximum Gasteiger partial charge on any atom is 0.168 e. The molecule has 0 saturated carbocycles. The number of hydrogen-bond donors (Lipinski definition) is 1. The first kappa shape index (κ1) is 7.59. The highest BCUT2D eigenvalue weighted by molar-refractivity contribution is 5.44. The average Bonchev–Trinajstić information content (AvgIpc) is 2.48. The molecule has 0 unspecified atom stereocenters. The summed E-state index contributed by atoms with van der Waals surface area (Å²) < 4.78 is 13.3. The number of hydrogen-bond acceptors (Lipinski definition) is 1. The van der Waals surface area contributed by atoms with Gasteiger partial charge in [-0.05, 0) is 42.9 Å². The van der Waals surface area contributed by atoms with Gasteiger partial charge in [-0.3, -0.25) is 0 Å². The van der Waals surface area contributed by atoms with Crippen LogP contribution in [0.4, 0.5) is 4.39 Å². The fourth-order valence-electron chi connectivity index (χ4n) is 1.82. The molecule has 0 amide bonds. The van der Waals surface area contributed by atoms with Gasteiger partial charge in [0.25, 0.3) is 0 Å². The van der Waals surface area contributed by atoms with Gasteiger partial charge in [0.1, 0.15) is 0 Å². The van der Waals surface area contributed by atoms with Gasteiger partial charge < -0.3 is 5.11 Å². The molecular formula is C10H11FO. The predicted octanol–water partition coefficient (Wildman–Crippen LogP) is 2.33. The smallest absolute Gasteiger partial charge is 0.168 e. The van der Waals surface area contributed by atoms with E-state index in [0.717, 1.165) is 30.4 Å². The summed E-state index contributed by atoms with van der Waals surface area (Å²) in [6, 6.07) is 1.89. The fraction of sp³-hybridized carbons (Fsp3) is 0.400. The van der Waals surface area contributed by atoms with Crippen LogP contribution in [0.2, 0.25) is 0 Å². The number of aromatic hydroxyl groups is 1. The predicted molar refractivity (Wildman–Crippen MR) is 44.8 cm³/mol. The van der Waals surface area contributed by atoms with Crippen molar-refractivity contribution in [2.45, 2.75) is 26.2 Å². The second-order valence-corrected chi connectivity index (χ2v) is 3.35. The third-order valence-electron chi connectivity index (χ3n) is 2.50. The molecule has 2 heteroatoms. The highest BCUT2D eigenvalue weighted by Crippen LogP contribution is 2.32. The fourth-order valence-corrected chi connectivity index (χ4v) is 1.82. The highest BCUT2D eigenvalue weighted by Gasteiger charge is 2.19. The van der Waals surface area contributed by atoms with Crippen molar-refractivity contribution in [1.29, 1.82) is 0 Å². The summed E-state index contributed by atoms with van der Waals surface area (Å²) in [6.07, 6.45) is 2.73. The van der Waals surface area contributed by atoms with Gasteiger partial charge in [0.15, 0.2) is 11.6 Å². The second kappa shape index (κ2) is 2.47. The van der Waals surface area contributed by atoms with Crippen LogP contribution < -0.4 is 0 Å². The van der Waals surface area contributed by atoms with Crippen LogP contribution in [-0.2, 0) is 12.8 Å². The topological polar surface area (TPSA) is 20.2 Å². The molecule has 1 aromatic carbocycles. The van der Waals surface area contributed by atoms with Gasteiger partial charge in [-0.15, -0.1) is 0 Å². The second-order valence-electron chi connectivity index (χ2n) is 3.35. The summed E-state index contributed by atoms with van der Waals surface area (Å²) in [5.41, 5.74) is 2.44. The van der Waals surface area contributed by atoms with E-state index in [1.165, 1.54) is 0 Å². The number of fused-ring (bicyclic) bond motifs is 1. The molecule has 0 spiro atoms. The zero-order valence-electron chi connectivity index (χ0n) is 7.02. The van der Waals surface area contributed by atoms with E-state index in [2.05, 4.69) is 0 Å². The van der Waals surface area contributed by atoms with E-state index in [4.69, 9.17) is 0 Å². The van der Waals surface area contributed by atoms with Crippen LogP contribution in [0, 0.1) is 12.7 Å². The standard InChI is InChI=1S/C10H11FO/c1-6-5-7-3-2-4-8(7)9(11)10(6)12/h5,12H,2-4H2,1H3. The Balaban J connectivity index is 2.67. The van der Waals surface area contributed by atoms with Crippen molar-refractivity contribution < 1.29 is 9.50 Å². The van der Waals surface area contributed by atoms with E-state index in [1.807, 2.05) is 6.07 Å². The van der Waals surface area contributed by atoms with Gasteiger partial charge in [-0.2, -0.15) is 0 Å². The Morgan fingerprint density at radius 2 is 2.17 bits per heavy atom. The highest BCUT2D eigenvalue weighted by atomic mass is 19.1. The minimum absolute atomic E-state index is 0.171. The summed E-state index contributed by atoms with van der Waals surface area (Å²) in [7, 11) is 0. The van der Waals surface area contributed by atoms with Gasteiger partial charge in [-0.25, -0.2) is 4.39 Å². The minimum Gasteiger partial charge on any atom is -0.505 e. The van der Waals surface area contributed by atoms with Crippen molar-refractivity contribution in [3.8, 4) is 5.75 Å². The third-order valence-corrected chi connectivity index (χ3v) is 2.50. The zero-order chi connectivity index (χ0) is 8.72. The Labute approximate surface area is 70.8 Å². The number of halogens is 1. The van der Waals surface area contributed by atoms with E-state index in [1.54, 1.807) is 6.92 Å². The Hall–Kier alpha value is -1.05. The van der Waals surface area contributed by atoms with E-state index >= 15 is 0 Å². The lowest BCUT2D eigenvalue weighted by molar-refractivity contribution is 0.425. The van der Waals surface area contributed by atoms with Crippen LogP contribution in [0.25, 0.3) is 0 Å². The zero-order valence-corrected chi connectivity index (χ0v) is 7.02. The van der Waals surface area contributed by atoms with Gasteiger partial charge in [0.2, 0.25) is 0 Å².